The van der Waals surface area contributed by atoms with Crippen LogP contribution in [0.2, 0.25) is 0 Å². The first kappa shape index (κ1) is 24.9. The summed E-state index contributed by atoms with van der Waals surface area (Å²) >= 11 is -2.33. The monoisotopic (exact) mass is 327 g/mol. The van der Waals surface area contributed by atoms with Crippen molar-refractivity contribution in [3.8, 4) is 0 Å². The zero-order chi connectivity index (χ0) is 15.6. The molecule has 0 aliphatic carbocycles. The molecule has 0 rings (SSSR count). The number of hydrogen-bond donors (Lipinski definition) is 0. The molecule has 0 aliphatic heterocycles. The fourth-order valence-corrected chi connectivity index (χ4v) is 2.85. The van der Waals surface area contributed by atoms with Crippen LogP contribution in [0.5, 0.6) is 0 Å². The van der Waals surface area contributed by atoms with Crippen molar-refractivity contribution in [1.82, 2.24) is 0 Å². The summed E-state index contributed by atoms with van der Waals surface area (Å²) in [7, 11) is 0. The van der Waals surface area contributed by atoms with Gasteiger partial charge in [0.25, 0.3) is 0 Å². The Morgan fingerprint density at radius 1 is 0.727 bits per heavy atom. The van der Waals surface area contributed by atoms with Crippen LogP contribution in [0.1, 0.15) is 105 Å². The second-order valence-corrected chi connectivity index (χ2v) is 6.62. The zero-order valence-corrected chi connectivity index (χ0v) is 15.8. The summed E-state index contributed by atoms with van der Waals surface area (Å²) in [5.74, 6) is 0. The van der Waals surface area contributed by atoms with Crippen molar-refractivity contribution in [2.75, 3.05) is 6.61 Å². The SMILES string of the molecule is CCCCCCCCCCCCCCCCCOS(=O)[O-].[H-].[Li+]. The standard InChI is InChI=1S/C17H36O3S.Li.H/c1-2-3-4-5-6-7-8-9-10-11-12-13-14-15-16-17-20-21(18)19;;/h2-17H2,1H3,(H,18,19);;/q;+1;-1/p-1. The molecule has 1 atom stereocenters. The van der Waals surface area contributed by atoms with Crippen molar-refractivity contribution in [3.05, 3.63) is 0 Å². The van der Waals surface area contributed by atoms with E-state index in [1.807, 2.05) is 0 Å². The van der Waals surface area contributed by atoms with Crippen LogP contribution in [0.4, 0.5) is 0 Å². The van der Waals surface area contributed by atoms with E-state index in [4.69, 9.17) is 0 Å². The smallest absolute Gasteiger partial charge is 1.00 e. The molecule has 0 saturated carbocycles. The van der Waals surface area contributed by atoms with Gasteiger partial charge in [0.1, 0.15) is 0 Å². The third-order valence-corrected chi connectivity index (χ3v) is 4.29. The van der Waals surface area contributed by atoms with Gasteiger partial charge in [0.15, 0.2) is 0 Å². The molecule has 0 amide bonds. The maximum absolute atomic E-state index is 10.1. The molecule has 0 bridgehead atoms. The average molecular weight is 327 g/mol. The van der Waals surface area contributed by atoms with Crippen molar-refractivity contribution < 1.29 is 33.2 Å². The molecule has 22 heavy (non-hydrogen) atoms. The summed E-state index contributed by atoms with van der Waals surface area (Å²) in [5.41, 5.74) is 0. The van der Waals surface area contributed by atoms with Crippen molar-refractivity contribution in [2.45, 2.75) is 103 Å². The Morgan fingerprint density at radius 2 is 1.05 bits per heavy atom. The molecule has 0 fully saturated rings. The van der Waals surface area contributed by atoms with Crippen LogP contribution in [0.3, 0.4) is 0 Å². The molecule has 0 N–H and O–H groups in total. The number of hydrogen-bond acceptors (Lipinski definition) is 3. The molecule has 0 heterocycles. The summed E-state index contributed by atoms with van der Waals surface area (Å²) in [5, 5.41) is 0. The van der Waals surface area contributed by atoms with Gasteiger partial charge in [0, 0.05) is 0 Å². The van der Waals surface area contributed by atoms with Crippen molar-refractivity contribution in [2.24, 2.45) is 0 Å². The molecule has 0 saturated heterocycles. The number of unbranched alkanes of at least 4 members (excludes halogenated alkanes) is 14. The van der Waals surface area contributed by atoms with Gasteiger partial charge in [-0.2, -0.15) is 0 Å². The molecule has 5 heteroatoms. The Hall–Kier alpha value is 0.667. The van der Waals surface area contributed by atoms with Gasteiger partial charge in [0.2, 0.25) is 0 Å². The van der Waals surface area contributed by atoms with E-state index in [2.05, 4.69) is 11.1 Å². The van der Waals surface area contributed by atoms with E-state index < -0.39 is 11.4 Å². The molecule has 3 nitrogen and oxygen atoms in total. The van der Waals surface area contributed by atoms with E-state index >= 15 is 0 Å². The van der Waals surface area contributed by atoms with E-state index in [1.165, 1.54) is 83.5 Å². The van der Waals surface area contributed by atoms with Gasteiger partial charge in [-0.1, -0.05) is 96.8 Å². The van der Waals surface area contributed by atoms with E-state index in [-0.39, 0.29) is 20.3 Å². The van der Waals surface area contributed by atoms with Crippen molar-refractivity contribution >= 4 is 11.4 Å². The van der Waals surface area contributed by atoms with Gasteiger partial charge in [0.05, 0.1) is 18.0 Å². The van der Waals surface area contributed by atoms with Crippen LogP contribution < -0.4 is 18.9 Å². The molecule has 0 spiro atoms. The molecule has 130 valence electrons. The van der Waals surface area contributed by atoms with E-state index in [1.54, 1.807) is 0 Å². The first-order valence-electron chi connectivity index (χ1n) is 9.00. The second kappa shape index (κ2) is 21.7. The number of rotatable bonds is 17. The fourth-order valence-electron chi connectivity index (χ4n) is 2.60. The summed E-state index contributed by atoms with van der Waals surface area (Å²) in [6.45, 7) is 2.61. The Labute approximate surface area is 154 Å². The Balaban J connectivity index is -0.00000200. The van der Waals surface area contributed by atoms with Crippen LogP contribution in [-0.2, 0) is 15.5 Å². The maximum atomic E-state index is 10.1. The summed E-state index contributed by atoms with van der Waals surface area (Å²) in [6, 6.07) is 0. The van der Waals surface area contributed by atoms with E-state index in [9.17, 15) is 8.76 Å². The first-order chi connectivity index (χ1) is 10.3. The Kier molecular flexibility index (Phi) is 24.5. The van der Waals surface area contributed by atoms with Gasteiger partial charge in [-0.05, 0) is 6.42 Å². The third-order valence-electron chi connectivity index (χ3n) is 3.93. The molecular formula is C17H36LiO3S-. The predicted octanol–water partition coefficient (Wildman–Crippen LogP) is 2.79. The van der Waals surface area contributed by atoms with Gasteiger partial charge in [-0.25, -0.2) is 4.21 Å². The van der Waals surface area contributed by atoms with Crippen LogP contribution in [0.15, 0.2) is 0 Å². The second-order valence-electron chi connectivity index (χ2n) is 5.98. The van der Waals surface area contributed by atoms with Crippen LogP contribution in [0.25, 0.3) is 0 Å². The molecule has 0 radical (unpaired) electrons. The van der Waals surface area contributed by atoms with Crippen molar-refractivity contribution in [1.29, 1.82) is 0 Å². The normalized spacial score (nSPS) is 12.1. The van der Waals surface area contributed by atoms with E-state index in [0.29, 0.717) is 6.61 Å². The fraction of sp³-hybridized carbons (Fsp3) is 1.00. The minimum atomic E-state index is -2.33. The molecule has 0 aromatic heterocycles. The average Bonchev–Trinajstić information content (AvgIpc) is 2.46. The maximum Gasteiger partial charge on any atom is 1.00 e. The van der Waals surface area contributed by atoms with Gasteiger partial charge < -0.3 is 10.2 Å². The van der Waals surface area contributed by atoms with Gasteiger partial charge in [-0.3, -0.25) is 0 Å². The van der Waals surface area contributed by atoms with Crippen molar-refractivity contribution in [3.63, 3.8) is 0 Å². The minimum absolute atomic E-state index is 0. The Bertz CT molecular complexity index is 234. The first-order valence-corrected chi connectivity index (χ1v) is 10.00. The summed E-state index contributed by atoms with van der Waals surface area (Å²) in [6.07, 6.45) is 19.7. The third kappa shape index (κ3) is 22.9. The van der Waals surface area contributed by atoms with Crippen LogP contribution in [0, 0.1) is 0 Å². The summed E-state index contributed by atoms with van der Waals surface area (Å²) < 4.78 is 24.7. The predicted molar refractivity (Wildman–Crippen MR) is 90.9 cm³/mol. The van der Waals surface area contributed by atoms with Crippen LogP contribution in [-0.4, -0.2) is 15.4 Å². The quantitative estimate of drug-likeness (QED) is 0.234. The molecule has 0 aliphatic rings. The van der Waals surface area contributed by atoms with Gasteiger partial charge >= 0.3 is 18.9 Å². The Morgan fingerprint density at radius 3 is 1.36 bits per heavy atom. The topological polar surface area (TPSA) is 49.4 Å². The largest absolute Gasteiger partial charge is 1.00 e. The molecule has 0 aromatic carbocycles. The summed E-state index contributed by atoms with van der Waals surface area (Å²) in [4.78, 5) is 0. The van der Waals surface area contributed by atoms with Gasteiger partial charge in [-0.15, -0.1) is 0 Å². The minimum Gasteiger partial charge on any atom is -1.00 e. The van der Waals surface area contributed by atoms with Crippen LogP contribution >= 0.6 is 0 Å². The molecule has 0 aromatic rings. The van der Waals surface area contributed by atoms with E-state index in [0.717, 1.165) is 12.8 Å². The zero-order valence-electron chi connectivity index (χ0n) is 15.9. The molecular weight excluding hydrogens is 291 g/mol. The molecule has 1 unspecified atom stereocenters.